The van der Waals surface area contributed by atoms with Gasteiger partial charge in [0.25, 0.3) is 0 Å². The third-order valence-electron chi connectivity index (χ3n) is 2.67. The van der Waals surface area contributed by atoms with Crippen LogP contribution in [0.4, 0.5) is 0 Å². The second kappa shape index (κ2) is 5.56. The predicted octanol–water partition coefficient (Wildman–Crippen LogP) is 3.77. The van der Waals surface area contributed by atoms with E-state index in [0.29, 0.717) is 12.2 Å². The van der Waals surface area contributed by atoms with Crippen LogP contribution in [0.2, 0.25) is 0 Å². The van der Waals surface area contributed by atoms with Crippen LogP contribution in [-0.2, 0) is 4.74 Å². The second-order valence-corrected chi connectivity index (χ2v) is 4.98. The van der Waals surface area contributed by atoms with Gasteiger partial charge in [-0.25, -0.2) is 4.79 Å². The van der Waals surface area contributed by atoms with E-state index in [0.717, 1.165) is 20.5 Å². The average molecular weight is 355 g/mol. The summed E-state index contributed by atoms with van der Waals surface area (Å²) < 4.78 is 5.99. The standard InChI is InChI=1S/C14H14INO2/c1-3-18-14(17)11-9(2)16-13(12(11)15)10-7-5-4-6-8-10/h4-8,16H,3H2,1-2H3. The average Bonchev–Trinajstić information content (AvgIpc) is 2.66. The molecule has 0 saturated carbocycles. The van der Waals surface area contributed by atoms with Gasteiger partial charge in [0.05, 0.1) is 21.4 Å². The summed E-state index contributed by atoms with van der Waals surface area (Å²) in [6, 6.07) is 9.96. The molecule has 0 atom stereocenters. The lowest BCUT2D eigenvalue weighted by Gasteiger charge is -2.02. The topological polar surface area (TPSA) is 42.1 Å². The lowest BCUT2D eigenvalue weighted by Crippen LogP contribution is -2.06. The highest BCUT2D eigenvalue weighted by Crippen LogP contribution is 2.29. The Hall–Kier alpha value is -1.30. The molecule has 0 aliphatic carbocycles. The van der Waals surface area contributed by atoms with Gasteiger partial charge in [0.1, 0.15) is 0 Å². The number of aryl methyl sites for hydroxylation is 1. The van der Waals surface area contributed by atoms with Gasteiger partial charge in [0.15, 0.2) is 0 Å². The van der Waals surface area contributed by atoms with Gasteiger partial charge in [0.2, 0.25) is 0 Å². The molecule has 1 aromatic carbocycles. The lowest BCUT2D eigenvalue weighted by molar-refractivity contribution is 0.0524. The third kappa shape index (κ3) is 2.43. The van der Waals surface area contributed by atoms with Crippen molar-refractivity contribution in [2.45, 2.75) is 13.8 Å². The van der Waals surface area contributed by atoms with Crippen molar-refractivity contribution in [2.75, 3.05) is 6.61 Å². The molecule has 4 heteroatoms. The molecule has 0 spiro atoms. The summed E-state index contributed by atoms with van der Waals surface area (Å²) >= 11 is 2.19. The summed E-state index contributed by atoms with van der Waals surface area (Å²) in [5.74, 6) is -0.266. The number of esters is 1. The number of hydrogen-bond acceptors (Lipinski definition) is 2. The third-order valence-corrected chi connectivity index (χ3v) is 3.75. The maximum Gasteiger partial charge on any atom is 0.341 e. The zero-order valence-corrected chi connectivity index (χ0v) is 12.4. The predicted molar refractivity (Wildman–Crippen MR) is 79.6 cm³/mol. The summed E-state index contributed by atoms with van der Waals surface area (Å²) in [6.45, 7) is 4.09. The Balaban J connectivity index is 2.47. The molecule has 0 amide bonds. The van der Waals surface area contributed by atoms with E-state index in [2.05, 4.69) is 27.6 Å². The van der Waals surface area contributed by atoms with Crippen molar-refractivity contribution in [1.29, 1.82) is 0 Å². The van der Waals surface area contributed by atoms with Gasteiger partial charge in [-0.05, 0) is 42.0 Å². The number of aromatic nitrogens is 1. The lowest BCUT2D eigenvalue weighted by atomic mass is 10.1. The second-order valence-electron chi connectivity index (χ2n) is 3.90. The van der Waals surface area contributed by atoms with E-state index in [1.54, 1.807) is 0 Å². The number of benzene rings is 1. The highest BCUT2D eigenvalue weighted by Gasteiger charge is 2.20. The number of rotatable bonds is 3. The molecule has 0 aliphatic heterocycles. The quantitative estimate of drug-likeness (QED) is 0.673. The minimum atomic E-state index is -0.266. The van der Waals surface area contributed by atoms with Crippen molar-refractivity contribution in [1.82, 2.24) is 4.98 Å². The van der Waals surface area contributed by atoms with Crippen LogP contribution in [0.15, 0.2) is 30.3 Å². The van der Waals surface area contributed by atoms with Crippen molar-refractivity contribution in [3.63, 3.8) is 0 Å². The summed E-state index contributed by atoms with van der Waals surface area (Å²) in [5, 5.41) is 0. The minimum Gasteiger partial charge on any atom is -0.462 e. The summed E-state index contributed by atoms with van der Waals surface area (Å²) in [7, 11) is 0. The molecule has 1 N–H and O–H groups in total. The van der Waals surface area contributed by atoms with E-state index < -0.39 is 0 Å². The largest absolute Gasteiger partial charge is 0.462 e. The fourth-order valence-corrected chi connectivity index (χ4v) is 2.92. The number of nitrogens with one attached hydrogen (secondary N) is 1. The molecule has 0 fully saturated rings. The van der Waals surface area contributed by atoms with Crippen LogP contribution < -0.4 is 0 Å². The number of halogens is 1. The first-order valence-electron chi connectivity index (χ1n) is 5.75. The zero-order chi connectivity index (χ0) is 13.1. The Morgan fingerprint density at radius 3 is 2.61 bits per heavy atom. The van der Waals surface area contributed by atoms with Crippen LogP contribution in [0, 0.1) is 10.5 Å². The Kier molecular flexibility index (Phi) is 4.06. The van der Waals surface area contributed by atoms with Crippen molar-refractivity contribution < 1.29 is 9.53 Å². The summed E-state index contributed by atoms with van der Waals surface area (Å²) in [6.07, 6.45) is 0. The molecule has 0 bridgehead atoms. The van der Waals surface area contributed by atoms with E-state index >= 15 is 0 Å². The van der Waals surface area contributed by atoms with Crippen LogP contribution in [0.1, 0.15) is 23.0 Å². The monoisotopic (exact) mass is 355 g/mol. The molecule has 0 radical (unpaired) electrons. The minimum absolute atomic E-state index is 0.266. The van der Waals surface area contributed by atoms with E-state index in [1.165, 1.54) is 0 Å². The summed E-state index contributed by atoms with van der Waals surface area (Å²) in [4.78, 5) is 15.1. The number of aromatic amines is 1. The zero-order valence-electron chi connectivity index (χ0n) is 10.3. The first-order valence-corrected chi connectivity index (χ1v) is 6.83. The van der Waals surface area contributed by atoms with Crippen LogP contribution >= 0.6 is 22.6 Å². The summed E-state index contributed by atoms with van der Waals surface area (Å²) in [5.41, 5.74) is 3.52. The van der Waals surface area contributed by atoms with E-state index in [4.69, 9.17) is 4.74 Å². The maximum atomic E-state index is 11.9. The Bertz CT molecular complexity index is 561. The van der Waals surface area contributed by atoms with Crippen molar-refractivity contribution in [2.24, 2.45) is 0 Å². The fraction of sp³-hybridized carbons (Fsp3) is 0.214. The number of carbonyl (C=O) groups is 1. The Labute approximate surface area is 120 Å². The van der Waals surface area contributed by atoms with Crippen molar-refractivity contribution in [3.05, 3.63) is 45.2 Å². The van der Waals surface area contributed by atoms with Crippen LogP contribution in [-0.4, -0.2) is 17.6 Å². The molecule has 0 unspecified atom stereocenters. The molecule has 1 aromatic heterocycles. The van der Waals surface area contributed by atoms with Crippen molar-refractivity contribution in [3.8, 4) is 11.3 Å². The normalized spacial score (nSPS) is 10.4. The molecule has 2 aromatic rings. The molecule has 18 heavy (non-hydrogen) atoms. The van der Waals surface area contributed by atoms with Gasteiger partial charge in [-0.1, -0.05) is 30.3 Å². The molecule has 0 saturated heterocycles. The molecule has 94 valence electrons. The number of ether oxygens (including phenoxy) is 1. The Morgan fingerprint density at radius 2 is 2.00 bits per heavy atom. The van der Waals surface area contributed by atoms with Gasteiger partial charge >= 0.3 is 5.97 Å². The number of H-pyrrole nitrogens is 1. The van der Waals surface area contributed by atoms with E-state index in [-0.39, 0.29) is 5.97 Å². The molecule has 3 nitrogen and oxygen atoms in total. The van der Waals surface area contributed by atoms with Gasteiger partial charge in [-0.3, -0.25) is 0 Å². The first kappa shape index (κ1) is 13.1. The highest BCUT2D eigenvalue weighted by molar-refractivity contribution is 14.1. The van der Waals surface area contributed by atoms with Gasteiger partial charge in [-0.15, -0.1) is 0 Å². The maximum absolute atomic E-state index is 11.9. The van der Waals surface area contributed by atoms with Crippen LogP contribution in [0.25, 0.3) is 11.3 Å². The van der Waals surface area contributed by atoms with Crippen molar-refractivity contribution >= 4 is 28.6 Å². The van der Waals surface area contributed by atoms with Crippen LogP contribution in [0.5, 0.6) is 0 Å². The van der Waals surface area contributed by atoms with Gasteiger partial charge in [0, 0.05) is 5.69 Å². The number of hydrogen-bond donors (Lipinski definition) is 1. The van der Waals surface area contributed by atoms with E-state index in [1.807, 2.05) is 44.2 Å². The smallest absolute Gasteiger partial charge is 0.341 e. The van der Waals surface area contributed by atoms with Gasteiger partial charge < -0.3 is 9.72 Å². The first-order chi connectivity index (χ1) is 8.65. The molecule has 2 rings (SSSR count). The number of carbonyl (C=O) groups excluding carboxylic acids is 1. The molecule has 1 heterocycles. The molecular formula is C14H14INO2. The Morgan fingerprint density at radius 1 is 1.33 bits per heavy atom. The van der Waals surface area contributed by atoms with E-state index in [9.17, 15) is 4.79 Å². The van der Waals surface area contributed by atoms with Crippen LogP contribution in [0.3, 0.4) is 0 Å². The molecule has 0 aliphatic rings. The molecular weight excluding hydrogens is 341 g/mol. The highest BCUT2D eigenvalue weighted by atomic mass is 127. The fourth-order valence-electron chi connectivity index (χ4n) is 1.84. The SMILES string of the molecule is CCOC(=O)c1c(C)[nH]c(-c2ccccc2)c1I. The van der Waals surface area contributed by atoms with Gasteiger partial charge in [-0.2, -0.15) is 0 Å².